The number of anilines is 1. The first-order valence-electron chi connectivity index (χ1n) is 9.57. The van der Waals surface area contributed by atoms with E-state index in [0.717, 1.165) is 12.8 Å². The van der Waals surface area contributed by atoms with Crippen molar-refractivity contribution >= 4 is 66.5 Å². The number of hydrogen-bond donors (Lipinski definition) is 2. The molecule has 5 rings (SSSR count). The molecule has 0 spiro atoms. The largest absolute Gasteiger partial charge is 0.348 e. The summed E-state index contributed by atoms with van der Waals surface area (Å²) in [6, 6.07) is 8.58. The van der Waals surface area contributed by atoms with Crippen LogP contribution in [0.25, 0.3) is 11.3 Å². The summed E-state index contributed by atoms with van der Waals surface area (Å²) in [6.07, 6.45) is 5.01. The molecule has 1 aliphatic carbocycles. The van der Waals surface area contributed by atoms with E-state index in [2.05, 4.69) is 57.7 Å². The van der Waals surface area contributed by atoms with Gasteiger partial charge in [-0.2, -0.15) is 10.2 Å². The Hall–Kier alpha value is -2.76. The summed E-state index contributed by atoms with van der Waals surface area (Å²) in [6.45, 7) is 0. The highest BCUT2D eigenvalue weighted by Crippen LogP contribution is 2.31. The third-order valence-electron chi connectivity index (χ3n) is 4.85. The predicted molar refractivity (Wildman–Crippen MR) is 125 cm³/mol. The summed E-state index contributed by atoms with van der Waals surface area (Å²) >= 11 is 13.0. The van der Waals surface area contributed by atoms with Crippen molar-refractivity contribution in [2.24, 2.45) is 0 Å². The number of nitrogens with zero attached hydrogens (tertiary/aromatic N) is 5. The molecule has 0 radical (unpaired) electrons. The molecule has 2 N–H and O–H groups in total. The molecule has 1 fully saturated rings. The molecule has 9 nitrogen and oxygen atoms in total. The molecule has 2 amide bonds. The van der Waals surface area contributed by atoms with Crippen molar-refractivity contribution in [2.45, 2.75) is 18.9 Å². The van der Waals surface area contributed by atoms with Crippen molar-refractivity contribution in [3.8, 4) is 5.82 Å². The molecule has 0 bridgehead atoms. The van der Waals surface area contributed by atoms with Crippen molar-refractivity contribution in [1.29, 1.82) is 0 Å². The zero-order chi connectivity index (χ0) is 22.4. The van der Waals surface area contributed by atoms with Crippen LogP contribution >= 0.6 is 43.5 Å². The molecule has 0 atom stereocenters. The second-order valence-corrected chi connectivity index (χ2v) is 9.23. The molecule has 4 aromatic heterocycles. The van der Waals surface area contributed by atoms with E-state index in [-0.39, 0.29) is 23.3 Å². The van der Waals surface area contributed by atoms with E-state index in [0.29, 0.717) is 31.1 Å². The molecule has 1 aliphatic rings. The average Bonchev–Trinajstić information content (AvgIpc) is 3.30. The molecular formula is C20H14Br2ClN7O2. The minimum absolute atomic E-state index is 0.138. The molecule has 4 heterocycles. The lowest BCUT2D eigenvalue weighted by Gasteiger charge is -2.15. The highest BCUT2D eigenvalue weighted by molar-refractivity contribution is 9.10. The van der Waals surface area contributed by atoms with Gasteiger partial charge in [-0.3, -0.25) is 9.59 Å². The molecule has 162 valence electrons. The lowest BCUT2D eigenvalue weighted by molar-refractivity contribution is 0.0944. The van der Waals surface area contributed by atoms with Crippen LogP contribution in [0.2, 0.25) is 5.02 Å². The Kier molecular flexibility index (Phi) is 5.48. The monoisotopic (exact) mass is 577 g/mol. The standard InChI is InChI=1S/C20H14Br2ClN7O2/c21-12-8-11-5-7-25-29(11)17(20(32)26-10-3-4-10)16(12)27-19(31)14-9-15(22)28-30(14)18-13(23)2-1-6-24-18/h1-2,5-10H,3-4H2,(H,26,32)(H,27,31). The summed E-state index contributed by atoms with van der Waals surface area (Å²) in [5.74, 6) is -0.517. The van der Waals surface area contributed by atoms with Crippen molar-refractivity contribution in [3.05, 3.63) is 68.2 Å². The van der Waals surface area contributed by atoms with Crippen molar-refractivity contribution in [3.63, 3.8) is 0 Å². The van der Waals surface area contributed by atoms with E-state index in [9.17, 15) is 9.59 Å². The summed E-state index contributed by atoms with van der Waals surface area (Å²) in [5.41, 5.74) is 1.41. The number of aromatic nitrogens is 5. The van der Waals surface area contributed by atoms with Gasteiger partial charge in [0.15, 0.2) is 11.5 Å². The first-order valence-corrected chi connectivity index (χ1v) is 11.5. The van der Waals surface area contributed by atoms with Crippen LogP contribution in [-0.2, 0) is 0 Å². The van der Waals surface area contributed by atoms with Crippen LogP contribution in [0, 0.1) is 0 Å². The Morgan fingerprint density at radius 2 is 1.94 bits per heavy atom. The lowest BCUT2D eigenvalue weighted by atomic mass is 10.2. The minimum Gasteiger partial charge on any atom is -0.348 e. The Balaban J connectivity index is 1.57. The minimum atomic E-state index is -0.502. The van der Waals surface area contributed by atoms with E-state index in [1.54, 1.807) is 42.7 Å². The fourth-order valence-electron chi connectivity index (χ4n) is 3.23. The first-order chi connectivity index (χ1) is 15.4. The van der Waals surface area contributed by atoms with Gasteiger partial charge in [-0.1, -0.05) is 11.6 Å². The smallest absolute Gasteiger partial charge is 0.274 e. The quantitative estimate of drug-likeness (QED) is 0.368. The molecular weight excluding hydrogens is 566 g/mol. The van der Waals surface area contributed by atoms with Gasteiger partial charge < -0.3 is 10.6 Å². The van der Waals surface area contributed by atoms with Crippen molar-refractivity contribution in [2.75, 3.05) is 5.32 Å². The number of rotatable bonds is 5. The third kappa shape index (κ3) is 3.91. The maximum atomic E-state index is 13.3. The zero-order valence-corrected chi connectivity index (χ0v) is 20.1. The Labute approximate surface area is 203 Å². The lowest BCUT2D eigenvalue weighted by Crippen LogP contribution is -2.30. The van der Waals surface area contributed by atoms with Gasteiger partial charge >= 0.3 is 0 Å². The number of carbonyl (C=O) groups excluding carboxylic acids is 2. The fourth-order valence-corrected chi connectivity index (χ4v) is 4.33. The number of nitrogens with one attached hydrogen (secondary N) is 2. The second kappa shape index (κ2) is 8.30. The zero-order valence-electron chi connectivity index (χ0n) is 16.2. The first kappa shape index (κ1) is 21.1. The van der Waals surface area contributed by atoms with E-state index >= 15 is 0 Å². The van der Waals surface area contributed by atoms with Crippen LogP contribution in [0.15, 0.2) is 51.8 Å². The van der Waals surface area contributed by atoms with Gasteiger partial charge in [-0.05, 0) is 69.0 Å². The predicted octanol–water partition coefficient (Wildman–Crippen LogP) is 4.24. The van der Waals surface area contributed by atoms with Gasteiger partial charge in [0.05, 0.1) is 22.4 Å². The van der Waals surface area contributed by atoms with Crippen molar-refractivity contribution in [1.82, 2.24) is 29.7 Å². The fraction of sp³-hybridized carbons (Fsp3) is 0.150. The number of fused-ring (bicyclic) bond motifs is 1. The summed E-state index contributed by atoms with van der Waals surface area (Å²) in [4.78, 5) is 30.6. The molecule has 0 unspecified atom stereocenters. The van der Waals surface area contributed by atoms with Crippen LogP contribution in [0.3, 0.4) is 0 Å². The SMILES string of the molecule is O=C(Nc1c(Br)cc2ccnn2c1C(=O)NC1CC1)c1cc(Br)nn1-c1ncccc1Cl. The Morgan fingerprint density at radius 1 is 1.12 bits per heavy atom. The molecule has 12 heteroatoms. The van der Waals surface area contributed by atoms with E-state index < -0.39 is 5.91 Å². The Morgan fingerprint density at radius 3 is 2.69 bits per heavy atom. The topological polar surface area (TPSA) is 106 Å². The van der Waals surface area contributed by atoms with E-state index in [4.69, 9.17) is 11.6 Å². The number of amides is 2. The van der Waals surface area contributed by atoms with Gasteiger partial charge in [0.2, 0.25) is 0 Å². The molecule has 0 aliphatic heterocycles. The number of pyridine rings is 2. The molecule has 1 saturated carbocycles. The number of hydrogen-bond acceptors (Lipinski definition) is 5. The molecule has 0 saturated heterocycles. The normalized spacial score (nSPS) is 13.3. The van der Waals surface area contributed by atoms with Crippen LogP contribution < -0.4 is 10.6 Å². The number of halogens is 3. The van der Waals surface area contributed by atoms with Crippen LogP contribution in [0.5, 0.6) is 0 Å². The van der Waals surface area contributed by atoms with Gasteiger partial charge in [-0.15, -0.1) is 0 Å². The Bertz CT molecular complexity index is 1380. The summed E-state index contributed by atoms with van der Waals surface area (Å²) in [5, 5.41) is 14.7. The van der Waals surface area contributed by atoms with Gasteiger partial charge in [-0.25, -0.2) is 14.2 Å². The molecule has 32 heavy (non-hydrogen) atoms. The summed E-state index contributed by atoms with van der Waals surface area (Å²) in [7, 11) is 0. The highest BCUT2D eigenvalue weighted by Gasteiger charge is 2.29. The van der Waals surface area contributed by atoms with Gasteiger partial charge in [0.1, 0.15) is 10.3 Å². The van der Waals surface area contributed by atoms with E-state index in [1.165, 1.54) is 9.20 Å². The summed E-state index contributed by atoms with van der Waals surface area (Å²) < 4.78 is 3.81. The van der Waals surface area contributed by atoms with Crippen LogP contribution in [0.1, 0.15) is 33.8 Å². The number of carbonyl (C=O) groups is 2. The van der Waals surface area contributed by atoms with Crippen LogP contribution in [0.4, 0.5) is 5.69 Å². The van der Waals surface area contributed by atoms with Gasteiger partial charge in [0.25, 0.3) is 11.8 Å². The maximum absolute atomic E-state index is 13.3. The maximum Gasteiger partial charge on any atom is 0.274 e. The van der Waals surface area contributed by atoms with Crippen LogP contribution in [-0.4, -0.2) is 42.2 Å². The van der Waals surface area contributed by atoms with E-state index in [1.807, 2.05) is 0 Å². The van der Waals surface area contributed by atoms with Crippen molar-refractivity contribution < 1.29 is 9.59 Å². The van der Waals surface area contributed by atoms with Gasteiger partial charge in [0, 0.05) is 22.8 Å². The average molecular weight is 580 g/mol. The molecule has 0 aromatic carbocycles. The second-order valence-electron chi connectivity index (χ2n) is 7.16. The third-order valence-corrected chi connectivity index (χ3v) is 6.16. The highest BCUT2D eigenvalue weighted by atomic mass is 79.9. The molecule has 4 aromatic rings.